The smallest absolute Gasteiger partial charge is 0.227 e. The van der Waals surface area contributed by atoms with E-state index in [4.69, 9.17) is 8.94 Å². The second-order valence-corrected chi connectivity index (χ2v) is 5.74. The van der Waals surface area contributed by atoms with Crippen LogP contribution in [-0.4, -0.2) is 22.6 Å². The van der Waals surface area contributed by atoms with Gasteiger partial charge >= 0.3 is 0 Å². The van der Waals surface area contributed by atoms with Gasteiger partial charge in [-0.05, 0) is 24.1 Å². The van der Waals surface area contributed by atoms with E-state index in [0.717, 1.165) is 17.7 Å². The first kappa shape index (κ1) is 17.0. The molecule has 1 amide bonds. The SMILES string of the molecule is CCc1ccc(-c2noc(CCC(=O)NCCc3ccco3)n2)cc1. The Hall–Kier alpha value is -2.89. The standard InChI is InChI=1S/C19H21N3O3/c1-2-14-5-7-15(8-6-14)19-21-18(25-22-19)10-9-17(23)20-12-11-16-4-3-13-24-16/h3-8,13H,2,9-12H2,1H3,(H,20,23). The van der Waals surface area contributed by atoms with Crippen LogP contribution in [0.15, 0.2) is 51.6 Å². The van der Waals surface area contributed by atoms with Crippen LogP contribution in [0.25, 0.3) is 11.4 Å². The van der Waals surface area contributed by atoms with Crippen LogP contribution >= 0.6 is 0 Å². The second-order valence-electron chi connectivity index (χ2n) is 5.74. The van der Waals surface area contributed by atoms with Crippen molar-refractivity contribution in [1.82, 2.24) is 15.5 Å². The van der Waals surface area contributed by atoms with Crippen LogP contribution in [0.4, 0.5) is 0 Å². The van der Waals surface area contributed by atoms with Crippen molar-refractivity contribution >= 4 is 5.91 Å². The summed E-state index contributed by atoms with van der Waals surface area (Å²) in [6.07, 6.45) is 4.03. The molecule has 2 heterocycles. The molecule has 6 nitrogen and oxygen atoms in total. The number of rotatable bonds is 8. The lowest BCUT2D eigenvalue weighted by molar-refractivity contribution is -0.121. The summed E-state index contributed by atoms with van der Waals surface area (Å²) in [6, 6.07) is 11.8. The molecule has 0 atom stereocenters. The maximum absolute atomic E-state index is 11.9. The molecule has 1 N–H and O–H groups in total. The number of carbonyl (C=O) groups excluding carboxylic acids is 1. The number of furan rings is 1. The van der Waals surface area contributed by atoms with E-state index >= 15 is 0 Å². The van der Waals surface area contributed by atoms with E-state index in [1.807, 2.05) is 24.3 Å². The Kier molecular flexibility index (Phi) is 5.61. The largest absolute Gasteiger partial charge is 0.469 e. The van der Waals surface area contributed by atoms with Gasteiger partial charge in [-0.15, -0.1) is 0 Å². The molecule has 0 bridgehead atoms. The molecule has 0 spiro atoms. The Morgan fingerprint density at radius 2 is 2.00 bits per heavy atom. The van der Waals surface area contributed by atoms with E-state index in [0.29, 0.717) is 37.5 Å². The summed E-state index contributed by atoms with van der Waals surface area (Å²) in [5.41, 5.74) is 2.17. The number of aromatic nitrogens is 2. The van der Waals surface area contributed by atoms with Crippen molar-refractivity contribution in [2.24, 2.45) is 0 Å². The minimum Gasteiger partial charge on any atom is -0.469 e. The normalized spacial score (nSPS) is 10.8. The fourth-order valence-corrected chi connectivity index (χ4v) is 2.45. The quantitative estimate of drug-likeness (QED) is 0.681. The molecule has 0 fully saturated rings. The maximum atomic E-state index is 11.9. The summed E-state index contributed by atoms with van der Waals surface area (Å²) in [4.78, 5) is 16.2. The van der Waals surface area contributed by atoms with Gasteiger partial charge in [0.2, 0.25) is 17.6 Å². The fraction of sp³-hybridized carbons (Fsp3) is 0.316. The number of nitrogens with one attached hydrogen (secondary N) is 1. The van der Waals surface area contributed by atoms with Crippen molar-refractivity contribution in [2.75, 3.05) is 6.54 Å². The van der Waals surface area contributed by atoms with Gasteiger partial charge in [-0.2, -0.15) is 4.98 Å². The second kappa shape index (κ2) is 8.28. The first-order valence-electron chi connectivity index (χ1n) is 8.45. The van der Waals surface area contributed by atoms with Crippen LogP contribution in [0.2, 0.25) is 0 Å². The average Bonchev–Trinajstić information content (AvgIpc) is 3.32. The highest BCUT2D eigenvalue weighted by Gasteiger charge is 2.10. The zero-order valence-corrected chi connectivity index (χ0v) is 14.2. The topological polar surface area (TPSA) is 81.2 Å². The Morgan fingerprint density at radius 3 is 2.72 bits per heavy atom. The van der Waals surface area contributed by atoms with Crippen molar-refractivity contribution in [2.45, 2.75) is 32.6 Å². The average molecular weight is 339 g/mol. The van der Waals surface area contributed by atoms with Crippen LogP contribution < -0.4 is 5.32 Å². The molecule has 130 valence electrons. The lowest BCUT2D eigenvalue weighted by atomic mass is 10.1. The third kappa shape index (κ3) is 4.79. The Morgan fingerprint density at radius 1 is 1.16 bits per heavy atom. The number of aryl methyl sites for hydroxylation is 2. The Balaban J connectivity index is 1.45. The van der Waals surface area contributed by atoms with E-state index in [9.17, 15) is 4.79 Å². The van der Waals surface area contributed by atoms with Gasteiger partial charge in [-0.25, -0.2) is 0 Å². The van der Waals surface area contributed by atoms with Crippen molar-refractivity contribution in [1.29, 1.82) is 0 Å². The minimum absolute atomic E-state index is 0.0430. The van der Waals surface area contributed by atoms with Gasteiger partial charge in [0.25, 0.3) is 0 Å². The molecule has 0 aliphatic carbocycles. The Bertz CT molecular complexity index is 792. The molecule has 25 heavy (non-hydrogen) atoms. The summed E-state index contributed by atoms with van der Waals surface area (Å²) in [5, 5.41) is 6.84. The molecule has 0 saturated heterocycles. The fourth-order valence-electron chi connectivity index (χ4n) is 2.45. The van der Waals surface area contributed by atoms with Crippen LogP contribution in [0.1, 0.15) is 30.6 Å². The molecule has 2 aromatic heterocycles. The first-order chi connectivity index (χ1) is 12.2. The highest BCUT2D eigenvalue weighted by atomic mass is 16.5. The van der Waals surface area contributed by atoms with Gasteiger partial charge < -0.3 is 14.3 Å². The van der Waals surface area contributed by atoms with Gasteiger partial charge in [0.15, 0.2) is 0 Å². The summed E-state index contributed by atoms with van der Waals surface area (Å²) in [6.45, 7) is 2.66. The van der Waals surface area contributed by atoms with Crippen LogP contribution in [0.3, 0.4) is 0 Å². The summed E-state index contributed by atoms with van der Waals surface area (Å²) in [5.74, 6) is 1.83. The van der Waals surface area contributed by atoms with Crippen LogP contribution in [0.5, 0.6) is 0 Å². The molecular formula is C19H21N3O3. The molecule has 0 aliphatic rings. The Labute approximate surface area is 146 Å². The van der Waals surface area contributed by atoms with Gasteiger partial charge in [-0.3, -0.25) is 4.79 Å². The monoisotopic (exact) mass is 339 g/mol. The third-order valence-corrected chi connectivity index (χ3v) is 3.93. The predicted molar refractivity (Wildman–Crippen MR) is 92.9 cm³/mol. The number of nitrogens with zero attached hydrogens (tertiary/aromatic N) is 2. The number of amides is 1. The van der Waals surface area contributed by atoms with E-state index in [1.54, 1.807) is 6.26 Å². The van der Waals surface area contributed by atoms with E-state index in [-0.39, 0.29) is 5.91 Å². The molecular weight excluding hydrogens is 318 g/mol. The van der Waals surface area contributed by atoms with Gasteiger partial charge in [0.05, 0.1) is 6.26 Å². The third-order valence-electron chi connectivity index (χ3n) is 3.93. The summed E-state index contributed by atoms with van der Waals surface area (Å²) >= 11 is 0. The van der Waals surface area contributed by atoms with Crippen molar-refractivity contribution in [3.05, 3.63) is 59.9 Å². The molecule has 0 saturated carbocycles. The molecule has 3 aromatic rings. The van der Waals surface area contributed by atoms with Crippen LogP contribution in [0, 0.1) is 0 Å². The minimum atomic E-state index is -0.0430. The highest BCUT2D eigenvalue weighted by Crippen LogP contribution is 2.17. The number of benzene rings is 1. The molecule has 0 radical (unpaired) electrons. The van der Waals surface area contributed by atoms with Crippen molar-refractivity contribution in [3.63, 3.8) is 0 Å². The molecule has 6 heteroatoms. The predicted octanol–water partition coefficient (Wildman–Crippen LogP) is 3.18. The highest BCUT2D eigenvalue weighted by molar-refractivity contribution is 5.76. The van der Waals surface area contributed by atoms with Gasteiger partial charge in [0, 0.05) is 31.4 Å². The summed E-state index contributed by atoms with van der Waals surface area (Å²) < 4.78 is 10.5. The van der Waals surface area contributed by atoms with Crippen molar-refractivity contribution in [3.8, 4) is 11.4 Å². The number of hydrogen-bond donors (Lipinski definition) is 1. The number of hydrogen-bond acceptors (Lipinski definition) is 5. The maximum Gasteiger partial charge on any atom is 0.227 e. The first-order valence-corrected chi connectivity index (χ1v) is 8.45. The molecule has 0 unspecified atom stereocenters. The van der Waals surface area contributed by atoms with E-state index < -0.39 is 0 Å². The van der Waals surface area contributed by atoms with Crippen molar-refractivity contribution < 1.29 is 13.7 Å². The van der Waals surface area contributed by atoms with E-state index in [2.05, 4.69) is 34.5 Å². The van der Waals surface area contributed by atoms with E-state index in [1.165, 1.54) is 5.56 Å². The molecule has 1 aromatic carbocycles. The molecule has 3 rings (SSSR count). The van der Waals surface area contributed by atoms with Gasteiger partial charge in [0.1, 0.15) is 5.76 Å². The zero-order valence-electron chi connectivity index (χ0n) is 14.2. The lowest BCUT2D eigenvalue weighted by Crippen LogP contribution is -2.25. The zero-order chi connectivity index (χ0) is 17.5. The van der Waals surface area contributed by atoms with Crippen LogP contribution in [-0.2, 0) is 24.1 Å². The molecule has 0 aliphatic heterocycles. The van der Waals surface area contributed by atoms with Gasteiger partial charge in [-0.1, -0.05) is 36.3 Å². The lowest BCUT2D eigenvalue weighted by Gasteiger charge is -2.02. The number of carbonyl (C=O) groups is 1. The summed E-state index contributed by atoms with van der Waals surface area (Å²) in [7, 11) is 0.